The van der Waals surface area contributed by atoms with Crippen molar-refractivity contribution in [2.75, 3.05) is 24.1 Å². The summed E-state index contributed by atoms with van der Waals surface area (Å²) in [5, 5.41) is 3.30. The number of aromatic nitrogens is 3. The first-order valence-electron chi connectivity index (χ1n) is 14.2. The third-order valence-electron chi connectivity index (χ3n) is 7.40. The zero-order valence-corrected chi connectivity index (χ0v) is 21.3. The summed E-state index contributed by atoms with van der Waals surface area (Å²) in [5.41, 5.74) is 11.1. The van der Waals surface area contributed by atoms with Crippen molar-refractivity contribution in [2.24, 2.45) is 12.9 Å². The van der Waals surface area contributed by atoms with E-state index in [4.69, 9.17) is 9.85 Å². The lowest BCUT2D eigenvalue weighted by Crippen LogP contribution is -2.34. The van der Waals surface area contributed by atoms with E-state index in [0.717, 1.165) is 37.1 Å². The van der Waals surface area contributed by atoms with Crippen molar-refractivity contribution in [3.05, 3.63) is 53.9 Å². The van der Waals surface area contributed by atoms with Crippen LogP contribution >= 0.6 is 0 Å². The molecule has 1 atom stereocenters. The highest BCUT2D eigenvalue weighted by atomic mass is 16.2. The number of carbonyl (C=O) groups is 2. The Morgan fingerprint density at radius 1 is 1.24 bits per heavy atom. The Balaban J connectivity index is 1.66. The molecular formula is C29H34N6O2. The van der Waals surface area contributed by atoms with E-state index < -0.39 is 6.98 Å². The van der Waals surface area contributed by atoms with E-state index in [1.807, 2.05) is 17.9 Å². The van der Waals surface area contributed by atoms with Gasteiger partial charge in [-0.1, -0.05) is 18.7 Å². The van der Waals surface area contributed by atoms with Crippen LogP contribution in [0.25, 0.3) is 27.9 Å². The molecule has 1 aromatic carbocycles. The average Bonchev–Trinajstić information content (AvgIpc) is 3.56. The van der Waals surface area contributed by atoms with Gasteiger partial charge in [0, 0.05) is 52.5 Å². The number of carbonyl (C=O) groups excluding carboxylic acids is 2. The molecule has 8 nitrogen and oxygen atoms in total. The third-order valence-corrected chi connectivity index (χ3v) is 7.40. The van der Waals surface area contributed by atoms with Crippen LogP contribution in [-0.4, -0.2) is 44.3 Å². The van der Waals surface area contributed by atoms with Gasteiger partial charge in [-0.05, 0) is 69.2 Å². The van der Waals surface area contributed by atoms with Crippen LogP contribution in [0.2, 0.25) is 0 Å². The van der Waals surface area contributed by atoms with Crippen LogP contribution in [0.4, 0.5) is 11.5 Å². The number of hydrogen-bond acceptors (Lipinski definition) is 5. The Morgan fingerprint density at radius 3 is 2.68 bits per heavy atom. The zero-order chi connectivity index (χ0) is 28.8. The summed E-state index contributed by atoms with van der Waals surface area (Å²) in [5.74, 6) is 0.0122. The molecular weight excluding hydrogens is 464 g/mol. The molecule has 192 valence electrons. The van der Waals surface area contributed by atoms with Gasteiger partial charge >= 0.3 is 0 Å². The Bertz CT molecular complexity index is 1550. The number of likely N-dealkylation sites (tertiary alicyclic amines) is 1. The maximum absolute atomic E-state index is 13.1. The van der Waals surface area contributed by atoms with Crippen molar-refractivity contribution < 1.29 is 13.7 Å². The van der Waals surface area contributed by atoms with Gasteiger partial charge in [0.2, 0.25) is 5.91 Å². The molecule has 0 saturated carbocycles. The summed E-state index contributed by atoms with van der Waals surface area (Å²) in [6.45, 7) is 6.25. The van der Waals surface area contributed by atoms with E-state index in [1.165, 1.54) is 10.9 Å². The Hall–Kier alpha value is -3.94. The summed E-state index contributed by atoms with van der Waals surface area (Å²) in [7, 11) is 0. The smallest absolute Gasteiger partial charge is 0.250 e. The van der Waals surface area contributed by atoms with E-state index in [2.05, 4.69) is 21.9 Å². The molecule has 2 amide bonds. The maximum atomic E-state index is 13.1. The van der Waals surface area contributed by atoms with Gasteiger partial charge in [-0.2, -0.15) is 0 Å². The van der Waals surface area contributed by atoms with Gasteiger partial charge < -0.3 is 20.5 Å². The number of rotatable bonds is 5. The highest BCUT2D eigenvalue weighted by molar-refractivity contribution is 6.05. The van der Waals surface area contributed by atoms with Gasteiger partial charge in [0.25, 0.3) is 5.91 Å². The van der Waals surface area contributed by atoms with Crippen LogP contribution < -0.4 is 11.1 Å². The summed E-state index contributed by atoms with van der Waals surface area (Å²) >= 11 is 0. The van der Waals surface area contributed by atoms with Gasteiger partial charge in [-0.15, -0.1) is 0 Å². The molecule has 3 heterocycles. The van der Waals surface area contributed by atoms with Crippen molar-refractivity contribution >= 4 is 39.9 Å². The van der Waals surface area contributed by atoms with Crippen molar-refractivity contribution in [2.45, 2.75) is 46.0 Å². The van der Waals surface area contributed by atoms with E-state index in [9.17, 15) is 9.59 Å². The number of hydrogen-bond donors (Lipinski definition) is 2. The van der Waals surface area contributed by atoms with Gasteiger partial charge in [0.15, 0.2) is 0 Å². The molecule has 8 heteroatoms. The van der Waals surface area contributed by atoms with Crippen LogP contribution in [0, 0.1) is 12.8 Å². The van der Waals surface area contributed by atoms with E-state index >= 15 is 0 Å². The monoisotopic (exact) mass is 501 g/mol. The summed E-state index contributed by atoms with van der Waals surface area (Å²) in [6.07, 6.45) is 7.25. The second-order valence-corrected chi connectivity index (χ2v) is 10.0. The number of amides is 2. The predicted octanol–water partition coefficient (Wildman–Crippen LogP) is 4.85. The van der Waals surface area contributed by atoms with Crippen LogP contribution in [0.1, 0.15) is 54.3 Å². The number of nitrogen functional groups attached to an aromatic ring is 1. The highest BCUT2D eigenvalue weighted by Crippen LogP contribution is 2.44. The lowest BCUT2D eigenvalue weighted by atomic mass is 9.84. The largest absolute Gasteiger partial charge is 0.383 e. The van der Waals surface area contributed by atoms with E-state index in [-0.39, 0.29) is 29.2 Å². The Labute approximate surface area is 221 Å². The minimum absolute atomic E-state index is 0.0900. The molecule has 0 radical (unpaired) electrons. The van der Waals surface area contributed by atoms with Crippen molar-refractivity contribution in [3.63, 3.8) is 0 Å². The Kier molecular flexibility index (Phi) is 5.63. The summed E-state index contributed by atoms with van der Waals surface area (Å²) in [6, 6.07) is 5.34. The SMILES string of the molecule is [2H]C([2H])([2H])n1c(-c2ccc(NC(=O)C(=C)C)cc2C)c(C2=CC[C@H](C(=O)N3CCCC3)CC2)c2c(N)ncnc21. The maximum Gasteiger partial charge on any atom is 0.250 e. The lowest BCUT2D eigenvalue weighted by molar-refractivity contribution is -0.134. The van der Waals surface area contributed by atoms with Crippen molar-refractivity contribution in [1.82, 2.24) is 19.4 Å². The van der Waals surface area contributed by atoms with Crippen LogP contribution in [-0.2, 0) is 16.6 Å². The van der Waals surface area contributed by atoms with Gasteiger partial charge in [0.1, 0.15) is 17.8 Å². The number of allylic oxidation sites excluding steroid dienone is 2. The summed E-state index contributed by atoms with van der Waals surface area (Å²) < 4.78 is 26.6. The van der Waals surface area contributed by atoms with Crippen LogP contribution in [0.15, 0.2) is 42.8 Å². The van der Waals surface area contributed by atoms with Crippen LogP contribution in [0.3, 0.4) is 0 Å². The standard InChI is InChI=1S/C29H34N6O2/c1-17(2)28(36)33-21-11-12-22(18(3)15-21)25-23(24-26(30)31-16-32-27(24)34(25)4)19-7-9-20(10-8-19)29(37)35-13-5-6-14-35/h7,11-12,15-16,20H,1,5-6,8-10,13-14H2,2-4H3,(H,33,36)(H2,30,31,32)/t20-/m0/s1/i4D3. The number of nitrogens with two attached hydrogens (primary N) is 1. The van der Waals surface area contributed by atoms with Crippen molar-refractivity contribution in [1.29, 1.82) is 0 Å². The lowest BCUT2D eigenvalue weighted by Gasteiger charge is -2.26. The normalized spacial score (nSPS) is 19.2. The molecule has 2 aromatic heterocycles. The number of fused-ring (bicyclic) bond motifs is 1. The quantitative estimate of drug-likeness (QED) is 0.486. The molecule has 3 aromatic rings. The van der Waals surface area contributed by atoms with Crippen LogP contribution in [0.5, 0.6) is 0 Å². The molecule has 0 unspecified atom stereocenters. The minimum Gasteiger partial charge on any atom is -0.383 e. The fourth-order valence-electron chi connectivity index (χ4n) is 5.43. The molecule has 5 rings (SSSR count). The fourth-order valence-corrected chi connectivity index (χ4v) is 5.43. The second kappa shape index (κ2) is 9.84. The predicted molar refractivity (Wildman–Crippen MR) is 148 cm³/mol. The minimum atomic E-state index is -2.56. The van der Waals surface area contributed by atoms with Gasteiger partial charge in [0.05, 0.1) is 11.1 Å². The molecule has 1 fully saturated rings. The summed E-state index contributed by atoms with van der Waals surface area (Å²) in [4.78, 5) is 35.8. The van der Waals surface area contributed by atoms with Gasteiger partial charge in [-0.3, -0.25) is 9.59 Å². The van der Waals surface area contributed by atoms with Gasteiger partial charge in [-0.25, -0.2) is 9.97 Å². The molecule has 37 heavy (non-hydrogen) atoms. The number of nitrogens with zero attached hydrogens (tertiary/aromatic N) is 4. The first kappa shape index (κ1) is 21.2. The molecule has 3 N–H and O–H groups in total. The first-order chi connectivity index (χ1) is 19.0. The first-order valence-corrected chi connectivity index (χ1v) is 12.7. The van der Waals surface area contributed by atoms with E-state index in [0.29, 0.717) is 52.7 Å². The van der Waals surface area contributed by atoms with E-state index in [1.54, 1.807) is 25.1 Å². The topological polar surface area (TPSA) is 106 Å². The zero-order valence-electron chi connectivity index (χ0n) is 24.3. The fraction of sp³-hybridized carbons (Fsp3) is 0.379. The highest BCUT2D eigenvalue weighted by Gasteiger charge is 2.31. The average molecular weight is 502 g/mol. The third kappa shape index (κ3) is 4.52. The molecule has 0 spiro atoms. The Morgan fingerprint density at radius 2 is 2.03 bits per heavy atom. The number of nitrogens with one attached hydrogen (secondary N) is 1. The molecule has 2 aliphatic rings. The number of aryl methyl sites for hydroxylation is 2. The van der Waals surface area contributed by atoms with Crippen molar-refractivity contribution in [3.8, 4) is 11.3 Å². The molecule has 1 aliphatic heterocycles. The molecule has 1 saturated heterocycles. The number of benzene rings is 1. The second-order valence-electron chi connectivity index (χ2n) is 10.0. The molecule has 1 aliphatic carbocycles. The number of anilines is 2. The molecule has 0 bridgehead atoms.